The van der Waals surface area contributed by atoms with Gasteiger partial charge >= 0.3 is 0 Å². The number of amides is 2. The van der Waals surface area contributed by atoms with Crippen molar-refractivity contribution in [2.24, 2.45) is 5.41 Å². The van der Waals surface area contributed by atoms with E-state index in [0.29, 0.717) is 51.0 Å². The molecule has 2 amide bonds. The molecule has 7 heteroatoms. The Morgan fingerprint density at radius 1 is 1.00 bits per heavy atom. The number of benzene rings is 2. The van der Waals surface area contributed by atoms with E-state index in [1.165, 1.54) is 6.07 Å². The average Bonchev–Trinajstić information content (AvgIpc) is 2.87. The number of piperidine rings is 1. The summed E-state index contributed by atoms with van der Waals surface area (Å²) in [5.41, 5.74) is 1.08. The Bertz CT molecular complexity index is 991. The number of nitrogens with zero attached hydrogens (tertiary/aromatic N) is 3. The Hall–Kier alpha value is -2.77. The summed E-state index contributed by atoms with van der Waals surface area (Å²) in [4.78, 5) is 33.1. The number of likely N-dealkylation sites (tertiary alicyclic amines) is 1. The maximum absolute atomic E-state index is 14.6. The van der Waals surface area contributed by atoms with Crippen molar-refractivity contribution in [2.75, 3.05) is 46.8 Å². The van der Waals surface area contributed by atoms with E-state index in [4.69, 9.17) is 0 Å². The van der Waals surface area contributed by atoms with Gasteiger partial charge < -0.3 is 15.1 Å². The zero-order chi connectivity index (χ0) is 24.1. The summed E-state index contributed by atoms with van der Waals surface area (Å²) < 4.78 is 14.6. The van der Waals surface area contributed by atoms with Gasteiger partial charge in [0.15, 0.2) is 0 Å². The molecule has 2 aromatic rings. The standard InChI is InChI=1S/C27H35FN4O2/c1-29-25(33)24-20-32(17-16-31(24)19-21-8-4-3-5-9-21)26(34)27(12-14-30(2)15-13-27)18-22-10-6-7-11-23(22)28/h3-11,24H,12-20H2,1-2H3,(H,29,33)/t24-/m0/s1. The molecule has 0 aliphatic carbocycles. The lowest BCUT2D eigenvalue weighted by molar-refractivity contribution is -0.150. The number of hydrogen-bond donors (Lipinski definition) is 1. The first kappa shape index (κ1) is 24.4. The quantitative estimate of drug-likeness (QED) is 0.711. The van der Waals surface area contributed by atoms with Gasteiger partial charge in [-0.1, -0.05) is 48.5 Å². The summed E-state index contributed by atoms with van der Waals surface area (Å²) in [6.07, 6.45) is 1.76. The number of likely N-dealkylation sites (N-methyl/N-ethyl adjacent to an activating group) is 1. The van der Waals surface area contributed by atoms with E-state index in [2.05, 4.69) is 34.3 Å². The molecule has 0 bridgehead atoms. The minimum absolute atomic E-state index is 0.0529. The van der Waals surface area contributed by atoms with Crippen LogP contribution in [-0.2, 0) is 22.6 Å². The van der Waals surface area contributed by atoms with Crippen LogP contribution in [0.25, 0.3) is 0 Å². The minimum Gasteiger partial charge on any atom is -0.358 e. The average molecular weight is 467 g/mol. The van der Waals surface area contributed by atoms with Crippen molar-refractivity contribution in [1.82, 2.24) is 20.0 Å². The second-order valence-corrected chi connectivity index (χ2v) is 9.69. The highest BCUT2D eigenvalue weighted by atomic mass is 19.1. The first-order valence-corrected chi connectivity index (χ1v) is 12.1. The molecule has 6 nitrogen and oxygen atoms in total. The van der Waals surface area contributed by atoms with Crippen molar-refractivity contribution in [3.63, 3.8) is 0 Å². The third-order valence-corrected chi connectivity index (χ3v) is 7.44. The first-order chi connectivity index (χ1) is 16.4. The largest absolute Gasteiger partial charge is 0.358 e. The maximum atomic E-state index is 14.6. The highest BCUT2D eigenvalue weighted by Crippen LogP contribution is 2.38. The topological polar surface area (TPSA) is 55.9 Å². The van der Waals surface area contributed by atoms with E-state index < -0.39 is 11.5 Å². The predicted molar refractivity (Wildman–Crippen MR) is 131 cm³/mol. The number of nitrogens with one attached hydrogen (secondary N) is 1. The van der Waals surface area contributed by atoms with Gasteiger partial charge in [0.25, 0.3) is 0 Å². The van der Waals surface area contributed by atoms with E-state index in [1.807, 2.05) is 29.2 Å². The minimum atomic E-state index is -0.649. The molecule has 0 radical (unpaired) electrons. The van der Waals surface area contributed by atoms with Gasteiger partial charge in [-0.2, -0.15) is 0 Å². The van der Waals surface area contributed by atoms with Crippen molar-refractivity contribution < 1.29 is 14.0 Å². The fraction of sp³-hybridized carbons (Fsp3) is 0.481. The van der Waals surface area contributed by atoms with Crippen LogP contribution < -0.4 is 5.32 Å². The summed E-state index contributed by atoms with van der Waals surface area (Å²) in [6, 6.07) is 16.4. The number of carbonyl (C=O) groups excluding carboxylic acids is 2. The van der Waals surface area contributed by atoms with E-state index >= 15 is 0 Å². The highest BCUT2D eigenvalue weighted by molar-refractivity contribution is 5.86. The smallest absolute Gasteiger partial charge is 0.238 e. The predicted octanol–water partition coefficient (Wildman–Crippen LogP) is 2.54. The van der Waals surface area contributed by atoms with Gasteiger partial charge in [0.05, 0.1) is 5.41 Å². The van der Waals surface area contributed by atoms with Crippen molar-refractivity contribution in [2.45, 2.75) is 31.8 Å². The lowest BCUT2D eigenvalue weighted by atomic mass is 9.72. The molecular formula is C27H35FN4O2. The zero-order valence-electron chi connectivity index (χ0n) is 20.2. The Morgan fingerprint density at radius 2 is 1.68 bits per heavy atom. The molecule has 0 saturated carbocycles. The summed E-state index contributed by atoms with van der Waals surface area (Å²) in [5.74, 6) is -0.290. The Labute approximate surface area is 201 Å². The highest BCUT2D eigenvalue weighted by Gasteiger charge is 2.45. The number of carbonyl (C=O) groups is 2. The summed E-state index contributed by atoms with van der Waals surface area (Å²) >= 11 is 0. The van der Waals surface area contributed by atoms with Crippen molar-refractivity contribution in [3.8, 4) is 0 Å². The summed E-state index contributed by atoms with van der Waals surface area (Å²) in [6.45, 7) is 3.79. The molecule has 2 saturated heterocycles. The van der Waals surface area contributed by atoms with Crippen LogP contribution in [0.3, 0.4) is 0 Å². The molecule has 2 aliphatic rings. The van der Waals surface area contributed by atoms with E-state index in [1.54, 1.807) is 19.2 Å². The molecule has 2 fully saturated rings. The van der Waals surface area contributed by atoms with Crippen LogP contribution in [0.1, 0.15) is 24.0 Å². The molecule has 2 aromatic carbocycles. The van der Waals surface area contributed by atoms with Crippen LogP contribution in [-0.4, -0.2) is 79.4 Å². The van der Waals surface area contributed by atoms with Gasteiger partial charge in [-0.05, 0) is 56.6 Å². The van der Waals surface area contributed by atoms with Crippen LogP contribution in [0.15, 0.2) is 54.6 Å². The Kier molecular flexibility index (Phi) is 7.63. The zero-order valence-corrected chi connectivity index (χ0v) is 20.2. The van der Waals surface area contributed by atoms with Crippen LogP contribution in [0.5, 0.6) is 0 Å². The Balaban J connectivity index is 1.55. The lowest BCUT2D eigenvalue weighted by Gasteiger charge is -2.46. The molecule has 0 aromatic heterocycles. The molecule has 182 valence electrons. The second kappa shape index (κ2) is 10.7. The number of halogens is 1. The number of rotatable bonds is 6. The Morgan fingerprint density at radius 3 is 2.35 bits per heavy atom. The molecule has 4 rings (SSSR count). The van der Waals surface area contributed by atoms with E-state index in [9.17, 15) is 14.0 Å². The van der Waals surface area contributed by atoms with Gasteiger partial charge in [0, 0.05) is 33.2 Å². The normalized spacial score (nSPS) is 21.3. The molecule has 2 aliphatic heterocycles. The number of piperazine rings is 1. The lowest BCUT2D eigenvalue weighted by Crippen LogP contribution is -2.62. The van der Waals surface area contributed by atoms with Gasteiger partial charge in [-0.15, -0.1) is 0 Å². The molecule has 0 spiro atoms. The van der Waals surface area contributed by atoms with Crippen LogP contribution in [0, 0.1) is 11.2 Å². The third kappa shape index (κ3) is 5.31. The van der Waals surface area contributed by atoms with E-state index in [0.717, 1.165) is 18.7 Å². The fourth-order valence-electron chi connectivity index (χ4n) is 5.28. The van der Waals surface area contributed by atoms with Gasteiger partial charge in [0.2, 0.25) is 11.8 Å². The third-order valence-electron chi connectivity index (χ3n) is 7.44. The molecule has 2 heterocycles. The SMILES string of the molecule is CNC(=O)[C@@H]1CN(C(=O)C2(Cc3ccccc3F)CCN(C)CC2)CCN1Cc1ccccc1. The van der Waals surface area contributed by atoms with Crippen LogP contribution in [0.4, 0.5) is 4.39 Å². The second-order valence-electron chi connectivity index (χ2n) is 9.69. The van der Waals surface area contributed by atoms with Gasteiger partial charge in [-0.25, -0.2) is 4.39 Å². The summed E-state index contributed by atoms with van der Waals surface area (Å²) in [5, 5.41) is 2.78. The van der Waals surface area contributed by atoms with Crippen LogP contribution in [0.2, 0.25) is 0 Å². The van der Waals surface area contributed by atoms with Crippen LogP contribution >= 0.6 is 0 Å². The monoisotopic (exact) mass is 466 g/mol. The molecule has 1 N–H and O–H groups in total. The van der Waals surface area contributed by atoms with Crippen molar-refractivity contribution in [1.29, 1.82) is 0 Å². The summed E-state index contributed by atoms with van der Waals surface area (Å²) in [7, 11) is 3.70. The molecule has 1 atom stereocenters. The first-order valence-electron chi connectivity index (χ1n) is 12.1. The van der Waals surface area contributed by atoms with Gasteiger partial charge in [-0.3, -0.25) is 14.5 Å². The van der Waals surface area contributed by atoms with Crippen molar-refractivity contribution >= 4 is 11.8 Å². The van der Waals surface area contributed by atoms with E-state index in [-0.39, 0.29) is 17.6 Å². The van der Waals surface area contributed by atoms with Gasteiger partial charge in [0.1, 0.15) is 11.9 Å². The fourth-order valence-corrected chi connectivity index (χ4v) is 5.28. The molecule has 34 heavy (non-hydrogen) atoms. The maximum Gasteiger partial charge on any atom is 0.238 e. The molecule has 0 unspecified atom stereocenters. The molecular weight excluding hydrogens is 431 g/mol. The number of hydrogen-bond acceptors (Lipinski definition) is 4. The van der Waals surface area contributed by atoms with Crippen molar-refractivity contribution in [3.05, 3.63) is 71.5 Å².